The monoisotopic (exact) mass is 298 g/mol. The van der Waals surface area contributed by atoms with Gasteiger partial charge in [0.1, 0.15) is 0 Å². The van der Waals surface area contributed by atoms with E-state index >= 15 is 0 Å². The number of likely N-dealkylation sites (N-methyl/N-ethyl adjacent to an activating group) is 1. The summed E-state index contributed by atoms with van der Waals surface area (Å²) in [6, 6.07) is 11.4. The first-order valence-electron chi connectivity index (χ1n) is 7.28. The molecule has 0 unspecified atom stereocenters. The molecule has 1 aromatic heterocycles. The van der Waals surface area contributed by atoms with Gasteiger partial charge in [-0.2, -0.15) is 0 Å². The summed E-state index contributed by atoms with van der Waals surface area (Å²) >= 11 is 0. The average Bonchev–Trinajstić information content (AvgIpc) is 2.46. The normalized spacial score (nSPS) is 11.3. The Labute approximate surface area is 131 Å². The van der Waals surface area contributed by atoms with Crippen LogP contribution in [0.3, 0.4) is 0 Å². The quantitative estimate of drug-likeness (QED) is 0.944. The zero-order valence-electron chi connectivity index (χ0n) is 13.5. The van der Waals surface area contributed by atoms with E-state index in [4.69, 9.17) is 0 Å². The molecule has 0 aliphatic carbocycles. The number of carbonyl (C=O) groups is 1. The van der Waals surface area contributed by atoms with Crippen molar-refractivity contribution in [1.82, 2.24) is 9.88 Å². The van der Waals surface area contributed by atoms with E-state index in [1.54, 1.807) is 32.0 Å². The average molecular weight is 298 g/mol. The third-order valence-electron chi connectivity index (χ3n) is 3.48. The molecular formula is C18H22N2O2. The van der Waals surface area contributed by atoms with Crippen molar-refractivity contribution >= 4 is 5.91 Å². The van der Waals surface area contributed by atoms with Crippen molar-refractivity contribution in [2.45, 2.75) is 26.4 Å². The second-order valence-electron chi connectivity index (χ2n) is 6.17. The van der Waals surface area contributed by atoms with E-state index in [1.807, 2.05) is 43.3 Å². The van der Waals surface area contributed by atoms with Crippen LogP contribution in [-0.2, 0) is 0 Å². The molecule has 2 rings (SSSR count). The van der Waals surface area contributed by atoms with Crippen molar-refractivity contribution in [3.05, 3.63) is 53.7 Å². The van der Waals surface area contributed by atoms with Gasteiger partial charge in [-0.15, -0.1) is 0 Å². The van der Waals surface area contributed by atoms with E-state index in [0.29, 0.717) is 5.56 Å². The minimum Gasteiger partial charge on any atom is -0.389 e. The molecule has 1 heterocycles. The summed E-state index contributed by atoms with van der Waals surface area (Å²) in [5.41, 5.74) is 2.41. The molecule has 1 aromatic carbocycles. The van der Waals surface area contributed by atoms with Gasteiger partial charge in [-0.1, -0.05) is 18.2 Å². The first kappa shape index (κ1) is 16.2. The van der Waals surface area contributed by atoms with Gasteiger partial charge in [0.25, 0.3) is 5.91 Å². The summed E-state index contributed by atoms with van der Waals surface area (Å²) in [6.07, 6.45) is 1.74. The van der Waals surface area contributed by atoms with Crippen molar-refractivity contribution in [2.24, 2.45) is 0 Å². The van der Waals surface area contributed by atoms with E-state index in [9.17, 15) is 9.90 Å². The van der Waals surface area contributed by atoms with Gasteiger partial charge < -0.3 is 10.0 Å². The van der Waals surface area contributed by atoms with Crippen LogP contribution in [0.15, 0.2) is 42.6 Å². The topological polar surface area (TPSA) is 53.4 Å². The van der Waals surface area contributed by atoms with Crippen LogP contribution in [0.4, 0.5) is 0 Å². The number of aliphatic hydroxyl groups is 1. The third-order valence-corrected chi connectivity index (χ3v) is 3.48. The summed E-state index contributed by atoms with van der Waals surface area (Å²) < 4.78 is 0. The van der Waals surface area contributed by atoms with Crippen LogP contribution in [-0.4, -0.2) is 40.1 Å². The SMILES string of the molecule is Cc1c(C(=O)N(C)CC(C)(C)O)cccc1-c1ccccn1. The summed E-state index contributed by atoms with van der Waals surface area (Å²) in [5, 5.41) is 9.88. The molecule has 0 radical (unpaired) electrons. The number of nitrogens with zero attached hydrogens (tertiary/aromatic N) is 2. The van der Waals surface area contributed by atoms with Crippen molar-refractivity contribution in [3.63, 3.8) is 0 Å². The predicted molar refractivity (Wildman–Crippen MR) is 87.7 cm³/mol. The van der Waals surface area contributed by atoms with Crippen LogP contribution < -0.4 is 0 Å². The van der Waals surface area contributed by atoms with Gasteiger partial charge in [-0.3, -0.25) is 9.78 Å². The highest BCUT2D eigenvalue weighted by Crippen LogP contribution is 2.24. The fourth-order valence-corrected chi connectivity index (χ4v) is 2.52. The number of hydrogen-bond donors (Lipinski definition) is 1. The fraction of sp³-hybridized carbons (Fsp3) is 0.333. The van der Waals surface area contributed by atoms with Gasteiger partial charge in [0.15, 0.2) is 0 Å². The molecule has 0 saturated heterocycles. The van der Waals surface area contributed by atoms with E-state index in [0.717, 1.165) is 16.8 Å². The molecule has 0 saturated carbocycles. The van der Waals surface area contributed by atoms with Crippen LogP contribution in [0, 0.1) is 6.92 Å². The molecule has 0 bridgehead atoms. The Morgan fingerprint density at radius 1 is 1.23 bits per heavy atom. The van der Waals surface area contributed by atoms with Crippen LogP contribution in [0.5, 0.6) is 0 Å². The van der Waals surface area contributed by atoms with Crippen LogP contribution in [0.25, 0.3) is 11.3 Å². The molecule has 116 valence electrons. The molecule has 4 nitrogen and oxygen atoms in total. The highest BCUT2D eigenvalue weighted by molar-refractivity contribution is 5.97. The summed E-state index contributed by atoms with van der Waals surface area (Å²) in [7, 11) is 1.70. The van der Waals surface area contributed by atoms with Crippen molar-refractivity contribution in [2.75, 3.05) is 13.6 Å². The second kappa shape index (κ2) is 6.28. The van der Waals surface area contributed by atoms with Gasteiger partial charge in [-0.05, 0) is 44.5 Å². The van der Waals surface area contributed by atoms with Crippen molar-refractivity contribution in [1.29, 1.82) is 0 Å². The van der Waals surface area contributed by atoms with Crippen LogP contribution in [0.1, 0.15) is 29.8 Å². The highest BCUT2D eigenvalue weighted by atomic mass is 16.3. The van der Waals surface area contributed by atoms with Gasteiger partial charge in [0.2, 0.25) is 0 Å². The molecule has 1 N–H and O–H groups in total. The van der Waals surface area contributed by atoms with E-state index in [1.165, 1.54) is 0 Å². The highest BCUT2D eigenvalue weighted by Gasteiger charge is 2.22. The van der Waals surface area contributed by atoms with Gasteiger partial charge in [0, 0.05) is 30.9 Å². The Hall–Kier alpha value is -2.20. The molecule has 0 aliphatic rings. The Balaban J connectivity index is 2.35. The Morgan fingerprint density at radius 3 is 2.55 bits per heavy atom. The molecule has 0 atom stereocenters. The van der Waals surface area contributed by atoms with Crippen LogP contribution >= 0.6 is 0 Å². The van der Waals surface area contributed by atoms with Crippen molar-refractivity contribution in [3.8, 4) is 11.3 Å². The smallest absolute Gasteiger partial charge is 0.253 e. The lowest BCUT2D eigenvalue weighted by Gasteiger charge is -2.26. The lowest BCUT2D eigenvalue weighted by molar-refractivity contribution is 0.0367. The summed E-state index contributed by atoms with van der Waals surface area (Å²) in [6.45, 7) is 5.58. The lowest BCUT2D eigenvalue weighted by atomic mass is 9.98. The van der Waals surface area contributed by atoms with Gasteiger partial charge in [-0.25, -0.2) is 0 Å². The molecule has 0 aliphatic heterocycles. The fourth-order valence-electron chi connectivity index (χ4n) is 2.52. The molecule has 0 fully saturated rings. The van der Waals surface area contributed by atoms with Crippen LogP contribution in [0.2, 0.25) is 0 Å². The maximum absolute atomic E-state index is 12.6. The maximum Gasteiger partial charge on any atom is 0.253 e. The number of hydrogen-bond acceptors (Lipinski definition) is 3. The van der Waals surface area contributed by atoms with Gasteiger partial charge in [0.05, 0.1) is 11.3 Å². The van der Waals surface area contributed by atoms with E-state index in [2.05, 4.69) is 4.98 Å². The zero-order valence-corrected chi connectivity index (χ0v) is 13.5. The molecule has 0 spiro atoms. The number of pyridine rings is 1. The first-order chi connectivity index (χ1) is 10.3. The summed E-state index contributed by atoms with van der Waals surface area (Å²) in [5.74, 6) is -0.0996. The summed E-state index contributed by atoms with van der Waals surface area (Å²) in [4.78, 5) is 18.5. The number of aromatic nitrogens is 1. The Morgan fingerprint density at radius 2 is 1.95 bits per heavy atom. The maximum atomic E-state index is 12.6. The molecule has 4 heteroatoms. The van der Waals surface area contributed by atoms with E-state index < -0.39 is 5.60 Å². The van der Waals surface area contributed by atoms with E-state index in [-0.39, 0.29) is 12.5 Å². The number of rotatable bonds is 4. The van der Waals surface area contributed by atoms with Gasteiger partial charge >= 0.3 is 0 Å². The molecule has 2 aromatic rings. The second-order valence-corrected chi connectivity index (χ2v) is 6.17. The first-order valence-corrected chi connectivity index (χ1v) is 7.28. The minimum atomic E-state index is -0.920. The Kier molecular flexibility index (Phi) is 4.62. The molecule has 22 heavy (non-hydrogen) atoms. The largest absolute Gasteiger partial charge is 0.389 e. The third kappa shape index (κ3) is 3.71. The van der Waals surface area contributed by atoms with Crippen molar-refractivity contribution < 1.29 is 9.90 Å². The zero-order chi connectivity index (χ0) is 16.3. The predicted octanol–water partition coefficient (Wildman–Crippen LogP) is 2.90. The number of amides is 1. The lowest BCUT2D eigenvalue weighted by Crippen LogP contribution is -2.39. The molecule has 1 amide bonds. The number of carbonyl (C=O) groups excluding carboxylic acids is 1. The number of benzene rings is 1. The molecular weight excluding hydrogens is 276 g/mol. The standard InChI is InChI=1S/C18H22N2O2/c1-13-14(16-10-5-6-11-19-16)8-7-9-15(13)17(21)20(4)12-18(2,3)22/h5-11,22H,12H2,1-4H3. The minimum absolute atomic E-state index is 0.0996. The Bertz CT molecular complexity index is 661.